The van der Waals surface area contributed by atoms with Gasteiger partial charge in [-0.25, -0.2) is 9.78 Å². The fourth-order valence-corrected chi connectivity index (χ4v) is 4.55. The van der Waals surface area contributed by atoms with E-state index in [2.05, 4.69) is 4.98 Å². The zero-order chi connectivity index (χ0) is 22.7. The maximum Gasteiger partial charge on any atom is 0.331 e. The molecule has 5 nitrogen and oxygen atoms in total. The molecule has 0 aliphatic carbocycles. The van der Waals surface area contributed by atoms with Crippen LogP contribution in [0.3, 0.4) is 0 Å². The highest BCUT2D eigenvalue weighted by molar-refractivity contribution is 7.19. The zero-order valence-corrected chi connectivity index (χ0v) is 19.2. The van der Waals surface area contributed by atoms with Gasteiger partial charge in [-0.1, -0.05) is 41.9 Å². The van der Waals surface area contributed by atoms with E-state index in [1.807, 2.05) is 73.0 Å². The molecule has 0 radical (unpaired) electrons. The van der Waals surface area contributed by atoms with Gasteiger partial charge in [0.2, 0.25) is 5.78 Å². The molecule has 0 atom stereocenters. The van der Waals surface area contributed by atoms with Gasteiger partial charge in [0.25, 0.3) is 0 Å². The molecule has 2 aromatic heterocycles. The second-order valence-corrected chi connectivity index (χ2v) is 8.82. The van der Waals surface area contributed by atoms with Gasteiger partial charge in [0, 0.05) is 34.6 Å². The highest BCUT2D eigenvalue weighted by atomic mass is 35.5. The molecule has 0 spiro atoms. The smallest absolute Gasteiger partial charge is 0.331 e. The number of benzene rings is 2. The van der Waals surface area contributed by atoms with Crippen molar-refractivity contribution >= 4 is 51.0 Å². The van der Waals surface area contributed by atoms with Crippen LogP contribution in [0.2, 0.25) is 5.02 Å². The van der Waals surface area contributed by atoms with E-state index in [1.165, 1.54) is 17.4 Å². The number of fused-ring (bicyclic) bond motifs is 1. The molecule has 2 heterocycles. The van der Waals surface area contributed by atoms with Gasteiger partial charge in [-0.05, 0) is 49.8 Å². The Morgan fingerprint density at radius 3 is 2.66 bits per heavy atom. The lowest BCUT2D eigenvalue weighted by Crippen LogP contribution is -2.14. The molecule has 0 saturated heterocycles. The summed E-state index contributed by atoms with van der Waals surface area (Å²) in [5.41, 5.74) is 4.15. The van der Waals surface area contributed by atoms with Crippen molar-refractivity contribution in [3.8, 4) is 0 Å². The standard InChI is InChI=1S/C25H21ClN2O3S/c1-16-13-19(17(2)28(16)14-18-7-3-4-8-20(18)26)22(29)15-31-25(30)12-11-24-27-21-9-5-6-10-23(21)32-24/h3-13H,14-15H2,1-2H3. The van der Waals surface area contributed by atoms with Gasteiger partial charge in [-0.15, -0.1) is 11.3 Å². The van der Waals surface area contributed by atoms with Crippen LogP contribution in [-0.2, 0) is 16.1 Å². The lowest BCUT2D eigenvalue weighted by Gasteiger charge is -2.11. The van der Waals surface area contributed by atoms with Crippen LogP contribution in [0.5, 0.6) is 0 Å². The Morgan fingerprint density at radius 2 is 1.88 bits per heavy atom. The molecule has 0 unspecified atom stereocenters. The zero-order valence-electron chi connectivity index (χ0n) is 17.7. The number of para-hydroxylation sites is 1. The van der Waals surface area contributed by atoms with E-state index in [0.717, 1.165) is 27.2 Å². The summed E-state index contributed by atoms with van der Waals surface area (Å²) in [6.07, 6.45) is 2.90. The van der Waals surface area contributed by atoms with Gasteiger partial charge in [0.1, 0.15) is 5.01 Å². The molecule has 162 valence electrons. The Bertz CT molecular complexity index is 1300. The first kappa shape index (κ1) is 22.0. The SMILES string of the molecule is Cc1cc(C(=O)COC(=O)C=Cc2nc3ccccc3s2)c(C)n1Cc1ccccc1Cl. The number of thiazole rings is 1. The van der Waals surface area contributed by atoms with Crippen LogP contribution in [0.15, 0.2) is 60.7 Å². The molecule has 0 amide bonds. The number of hydrogen-bond acceptors (Lipinski definition) is 5. The van der Waals surface area contributed by atoms with Crippen molar-refractivity contribution in [3.63, 3.8) is 0 Å². The molecular formula is C25H21ClN2O3S. The summed E-state index contributed by atoms with van der Waals surface area (Å²) in [5, 5.41) is 1.39. The predicted molar refractivity (Wildman–Crippen MR) is 128 cm³/mol. The van der Waals surface area contributed by atoms with Gasteiger partial charge in [-0.3, -0.25) is 4.79 Å². The number of aryl methyl sites for hydroxylation is 1. The first-order valence-corrected chi connectivity index (χ1v) is 11.3. The molecule has 4 aromatic rings. The molecular weight excluding hydrogens is 444 g/mol. The topological polar surface area (TPSA) is 61.2 Å². The van der Waals surface area contributed by atoms with Gasteiger partial charge in [-0.2, -0.15) is 0 Å². The van der Waals surface area contributed by atoms with E-state index < -0.39 is 5.97 Å². The summed E-state index contributed by atoms with van der Waals surface area (Å²) in [6.45, 7) is 4.06. The fourth-order valence-electron chi connectivity index (χ4n) is 3.49. The number of carbonyl (C=O) groups excluding carboxylic acids is 2. The molecule has 0 saturated carbocycles. The van der Waals surface area contributed by atoms with Crippen molar-refractivity contribution in [1.82, 2.24) is 9.55 Å². The number of esters is 1. The minimum absolute atomic E-state index is 0.245. The van der Waals surface area contributed by atoms with Crippen LogP contribution >= 0.6 is 22.9 Å². The Balaban J connectivity index is 1.39. The van der Waals surface area contributed by atoms with E-state index in [-0.39, 0.29) is 12.4 Å². The molecule has 0 N–H and O–H groups in total. The number of carbonyl (C=O) groups is 2. The molecule has 0 aliphatic heterocycles. The number of ether oxygens (including phenoxy) is 1. The summed E-state index contributed by atoms with van der Waals surface area (Å²) in [5.74, 6) is -0.826. The van der Waals surface area contributed by atoms with E-state index in [4.69, 9.17) is 16.3 Å². The number of Topliss-reactive ketones (excluding diaryl/α,β-unsaturated/α-hetero) is 1. The molecule has 2 aromatic carbocycles. The number of aromatic nitrogens is 2. The number of ketones is 1. The Kier molecular flexibility index (Phi) is 6.53. The molecule has 4 rings (SSSR count). The third-order valence-corrected chi connectivity index (χ3v) is 6.55. The predicted octanol–water partition coefficient (Wildman–Crippen LogP) is 5.86. The molecule has 0 bridgehead atoms. The molecule has 0 aliphatic rings. The Hall–Kier alpha value is -3.22. The lowest BCUT2D eigenvalue weighted by molar-refractivity contribution is -0.136. The van der Waals surface area contributed by atoms with Crippen LogP contribution < -0.4 is 0 Å². The summed E-state index contributed by atoms with van der Waals surface area (Å²) < 4.78 is 8.24. The fraction of sp³-hybridized carbons (Fsp3) is 0.160. The number of hydrogen-bond donors (Lipinski definition) is 0. The van der Waals surface area contributed by atoms with Crippen LogP contribution in [0.4, 0.5) is 0 Å². The van der Waals surface area contributed by atoms with Crippen molar-refractivity contribution in [2.75, 3.05) is 6.61 Å². The summed E-state index contributed by atoms with van der Waals surface area (Å²) in [7, 11) is 0. The van der Waals surface area contributed by atoms with Crippen molar-refractivity contribution in [3.05, 3.63) is 93.2 Å². The average molecular weight is 465 g/mol. The normalized spacial score (nSPS) is 11.3. The van der Waals surface area contributed by atoms with Crippen LogP contribution in [0, 0.1) is 13.8 Å². The highest BCUT2D eigenvalue weighted by Gasteiger charge is 2.17. The second kappa shape index (κ2) is 9.51. The van der Waals surface area contributed by atoms with Gasteiger partial charge < -0.3 is 9.30 Å². The van der Waals surface area contributed by atoms with Crippen LogP contribution in [-0.4, -0.2) is 27.9 Å². The average Bonchev–Trinajstić information content (AvgIpc) is 3.33. The Morgan fingerprint density at radius 1 is 1.12 bits per heavy atom. The van der Waals surface area contributed by atoms with E-state index in [0.29, 0.717) is 22.1 Å². The lowest BCUT2D eigenvalue weighted by atomic mass is 10.1. The highest BCUT2D eigenvalue weighted by Crippen LogP contribution is 2.23. The van der Waals surface area contributed by atoms with E-state index in [9.17, 15) is 9.59 Å². The second-order valence-electron chi connectivity index (χ2n) is 7.35. The van der Waals surface area contributed by atoms with Gasteiger partial charge >= 0.3 is 5.97 Å². The minimum Gasteiger partial charge on any atom is -0.454 e. The summed E-state index contributed by atoms with van der Waals surface area (Å²) in [6, 6.07) is 17.2. The largest absolute Gasteiger partial charge is 0.454 e. The van der Waals surface area contributed by atoms with E-state index >= 15 is 0 Å². The van der Waals surface area contributed by atoms with Crippen molar-refractivity contribution in [2.45, 2.75) is 20.4 Å². The van der Waals surface area contributed by atoms with Crippen LogP contribution in [0.1, 0.15) is 32.3 Å². The van der Waals surface area contributed by atoms with Crippen molar-refractivity contribution in [2.24, 2.45) is 0 Å². The monoisotopic (exact) mass is 464 g/mol. The summed E-state index contributed by atoms with van der Waals surface area (Å²) in [4.78, 5) is 29.2. The number of nitrogens with zero attached hydrogens (tertiary/aromatic N) is 2. The maximum absolute atomic E-state index is 12.7. The first-order chi connectivity index (χ1) is 15.4. The third-order valence-electron chi connectivity index (χ3n) is 5.18. The maximum atomic E-state index is 12.7. The molecule has 0 fully saturated rings. The van der Waals surface area contributed by atoms with Crippen LogP contribution in [0.25, 0.3) is 16.3 Å². The minimum atomic E-state index is -0.581. The quantitative estimate of drug-likeness (QED) is 0.195. The molecule has 32 heavy (non-hydrogen) atoms. The molecule has 7 heteroatoms. The number of rotatable bonds is 7. The van der Waals surface area contributed by atoms with Gasteiger partial charge in [0.15, 0.2) is 6.61 Å². The van der Waals surface area contributed by atoms with Crippen molar-refractivity contribution < 1.29 is 14.3 Å². The van der Waals surface area contributed by atoms with Crippen molar-refractivity contribution in [1.29, 1.82) is 0 Å². The third kappa shape index (κ3) is 4.82. The number of halogens is 1. The first-order valence-electron chi connectivity index (χ1n) is 10.1. The van der Waals surface area contributed by atoms with Gasteiger partial charge in [0.05, 0.1) is 10.2 Å². The Labute approximate surface area is 194 Å². The van der Waals surface area contributed by atoms with E-state index in [1.54, 1.807) is 6.08 Å². The summed E-state index contributed by atoms with van der Waals surface area (Å²) >= 11 is 7.77.